The smallest absolute Gasteiger partial charge is 0.162 e. The Morgan fingerprint density at radius 1 is 1.10 bits per heavy atom. The summed E-state index contributed by atoms with van der Waals surface area (Å²) >= 11 is 5.74. The highest BCUT2D eigenvalue weighted by Gasteiger charge is 2.07. The molecule has 0 saturated carbocycles. The fraction of sp³-hybridized carbons (Fsp3) is 0.200. The minimum atomic E-state index is -0.401. The molecule has 20 heavy (non-hydrogen) atoms. The SMILES string of the molecule is COc1ccc(NCc2cccc(Cl)c2F)cc1OC. The van der Waals surface area contributed by atoms with Gasteiger partial charge in [0.1, 0.15) is 5.82 Å². The van der Waals surface area contributed by atoms with Crippen LogP contribution in [-0.2, 0) is 6.54 Å². The van der Waals surface area contributed by atoms with Gasteiger partial charge in [-0.05, 0) is 18.2 Å². The summed E-state index contributed by atoms with van der Waals surface area (Å²) in [5.41, 5.74) is 1.31. The molecule has 2 rings (SSSR count). The van der Waals surface area contributed by atoms with Crippen LogP contribution < -0.4 is 14.8 Å². The molecular formula is C15H15ClFNO2. The summed E-state index contributed by atoms with van der Waals surface area (Å²) in [5, 5.41) is 3.24. The lowest BCUT2D eigenvalue weighted by molar-refractivity contribution is 0.355. The van der Waals surface area contributed by atoms with E-state index >= 15 is 0 Å². The molecule has 2 aromatic carbocycles. The first kappa shape index (κ1) is 14.5. The maximum Gasteiger partial charge on any atom is 0.162 e. The number of anilines is 1. The Hall–Kier alpha value is -1.94. The third-order valence-corrected chi connectivity index (χ3v) is 3.19. The van der Waals surface area contributed by atoms with E-state index in [9.17, 15) is 4.39 Å². The number of benzene rings is 2. The van der Waals surface area contributed by atoms with E-state index in [0.29, 0.717) is 23.6 Å². The molecular weight excluding hydrogens is 281 g/mol. The van der Waals surface area contributed by atoms with Crippen molar-refractivity contribution in [2.45, 2.75) is 6.54 Å². The molecule has 2 aromatic rings. The van der Waals surface area contributed by atoms with Crippen molar-refractivity contribution in [3.05, 3.63) is 52.8 Å². The van der Waals surface area contributed by atoms with Crippen molar-refractivity contribution in [3.8, 4) is 11.5 Å². The number of methoxy groups -OCH3 is 2. The van der Waals surface area contributed by atoms with Crippen LogP contribution in [0.4, 0.5) is 10.1 Å². The maximum atomic E-state index is 13.8. The van der Waals surface area contributed by atoms with E-state index in [2.05, 4.69) is 5.32 Å². The van der Waals surface area contributed by atoms with Crippen LogP contribution in [-0.4, -0.2) is 14.2 Å². The van der Waals surface area contributed by atoms with Crippen LogP contribution in [0.2, 0.25) is 5.02 Å². The molecule has 0 spiro atoms. The Bertz CT molecular complexity index is 604. The van der Waals surface area contributed by atoms with E-state index in [-0.39, 0.29) is 5.02 Å². The van der Waals surface area contributed by atoms with Gasteiger partial charge in [0, 0.05) is 23.9 Å². The second-order valence-corrected chi connectivity index (χ2v) is 4.54. The van der Waals surface area contributed by atoms with Crippen LogP contribution >= 0.6 is 11.6 Å². The minimum absolute atomic E-state index is 0.122. The summed E-state index contributed by atoms with van der Waals surface area (Å²) in [6.45, 7) is 0.335. The second-order valence-electron chi connectivity index (χ2n) is 4.14. The Balaban J connectivity index is 2.13. The van der Waals surface area contributed by atoms with Gasteiger partial charge >= 0.3 is 0 Å². The van der Waals surface area contributed by atoms with Crippen molar-refractivity contribution in [2.75, 3.05) is 19.5 Å². The Kier molecular flexibility index (Phi) is 4.69. The quantitative estimate of drug-likeness (QED) is 0.900. The Morgan fingerprint density at radius 2 is 1.85 bits per heavy atom. The van der Waals surface area contributed by atoms with Crippen LogP contribution in [0.25, 0.3) is 0 Å². The molecule has 0 aliphatic rings. The topological polar surface area (TPSA) is 30.5 Å². The molecule has 0 saturated heterocycles. The molecule has 0 fully saturated rings. The van der Waals surface area contributed by atoms with E-state index in [0.717, 1.165) is 5.69 Å². The predicted octanol–water partition coefficient (Wildman–Crippen LogP) is 4.11. The van der Waals surface area contributed by atoms with Crippen LogP contribution in [0.1, 0.15) is 5.56 Å². The van der Waals surface area contributed by atoms with Crippen molar-refractivity contribution in [2.24, 2.45) is 0 Å². The van der Waals surface area contributed by atoms with Gasteiger partial charge in [0.15, 0.2) is 11.5 Å². The third kappa shape index (κ3) is 3.14. The lowest BCUT2D eigenvalue weighted by Gasteiger charge is -2.12. The van der Waals surface area contributed by atoms with Crippen molar-refractivity contribution >= 4 is 17.3 Å². The molecule has 0 atom stereocenters. The molecule has 0 aliphatic heterocycles. The average Bonchev–Trinajstić information content (AvgIpc) is 2.48. The summed E-state index contributed by atoms with van der Waals surface area (Å²) in [6.07, 6.45) is 0. The largest absolute Gasteiger partial charge is 0.493 e. The molecule has 0 bridgehead atoms. The number of hydrogen-bond acceptors (Lipinski definition) is 3. The highest BCUT2D eigenvalue weighted by molar-refractivity contribution is 6.30. The van der Waals surface area contributed by atoms with E-state index in [1.54, 1.807) is 38.5 Å². The maximum absolute atomic E-state index is 13.8. The van der Waals surface area contributed by atoms with Crippen molar-refractivity contribution in [3.63, 3.8) is 0 Å². The monoisotopic (exact) mass is 295 g/mol. The van der Waals surface area contributed by atoms with Crippen LogP contribution in [0, 0.1) is 5.82 Å². The van der Waals surface area contributed by atoms with Crippen molar-refractivity contribution in [1.29, 1.82) is 0 Å². The van der Waals surface area contributed by atoms with Gasteiger partial charge < -0.3 is 14.8 Å². The van der Waals surface area contributed by atoms with Gasteiger partial charge in [0.25, 0.3) is 0 Å². The summed E-state index contributed by atoms with van der Waals surface area (Å²) in [5.74, 6) is 0.859. The molecule has 0 aromatic heterocycles. The van der Waals surface area contributed by atoms with Gasteiger partial charge in [0.2, 0.25) is 0 Å². The molecule has 0 heterocycles. The molecule has 0 amide bonds. The van der Waals surface area contributed by atoms with Crippen molar-refractivity contribution in [1.82, 2.24) is 0 Å². The van der Waals surface area contributed by atoms with Crippen LogP contribution in [0.5, 0.6) is 11.5 Å². The van der Waals surface area contributed by atoms with E-state index < -0.39 is 5.82 Å². The number of ether oxygens (including phenoxy) is 2. The molecule has 106 valence electrons. The normalized spacial score (nSPS) is 10.2. The zero-order valence-corrected chi connectivity index (χ0v) is 12.0. The van der Waals surface area contributed by atoms with Gasteiger partial charge in [-0.15, -0.1) is 0 Å². The van der Waals surface area contributed by atoms with E-state index in [1.165, 1.54) is 6.07 Å². The van der Waals surface area contributed by atoms with Gasteiger partial charge in [-0.3, -0.25) is 0 Å². The number of halogens is 2. The number of hydrogen-bond donors (Lipinski definition) is 1. The predicted molar refractivity (Wildman–Crippen MR) is 78.3 cm³/mol. The van der Waals surface area contributed by atoms with Crippen LogP contribution in [0.3, 0.4) is 0 Å². The highest BCUT2D eigenvalue weighted by Crippen LogP contribution is 2.30. The first-order chi connectivity index (χ1) is 9.65. The average molecular weight is 296 g/mol. The first-order valence-corrected chi connectivity index (χ1v) is 6.42. The molecule has 3 nitrogen and oxygen atoms in total. The van der Waals surface area contributed by atoms with Gasteiger partial charge in [-0.2, -0.15) is 0 Å². The molecule has 1 N–H and O–H groups in total. The third-order valence-electron chi connectivity index (χ3n) is 2.90. The number of rotatable bonds is 5. The van der Waals surface area contributed by atoms with Gasteiger partial charge in [-0.1, -0.05) is 23.7 Å². The lowest BCUT2D eigenvalue weighted by atomic mass is 10.2. The minimum Gasteiger partial charge on any atom is -0.493 e. The molecule has 5 heteroatoms. The van der Waals surface area contributed by atoms with Crippen molar-refractivity contribution < 1.29 is 13.9 Å². The Labute approximate surface area is 122 Å². The van der Waals surface area contributed by atoms with E-state index in [4.69, 9.17) is 21.1 Å². The molecule has 0 aliphatic carbocycles. The molecule has 0 unspecified atom stereocenters. The van der Waals surface area contributed by atoms with Gasteiger partial charge in [0.05, 0.1) is 19.2 Å². The second kappa shape index (κ2) is 6.48. The van der Waals surface area contributed by atoms with E-state index in [1.807, 2.05) is 6.07 Å². The van der Waals surface area contributed by atoms with Crippen LogP contribution in [0.15, 0.2) is 36.4 Å². The summed E-state index contributed by atoms with van der Waals surface area (Å²) in [4.78, 5) is 0. The first-order valence-electron chi connectivity index (χ1n) is 6.04. The fourth-order valence-electron chi connectivity index (χ4n) is 1.83. The zero-order valence-electron chi connectivity index (χ0n) is 11.2. The van der Waals surface area contributed by atoms with Gasteiger partial charge in [-0.25, -0.2) is 4.39 Å². The summed E-state index contributed by atoms with van der Waals surface area (Å²) in [6, 6.07) is 10.4. The highest BCUT2D eigenvalue weighted by atomic mass is 35.5. The lowest BCUT2D eigenvalue weighted by Crippen LogP contribution is -2.02. The fourth-order valence-corrected chi connectivity index (χ4v) is 2.02. The standard InChI is InChI=1S/C15H15ClFNO2/c1-19-13-7-6-11(8-14(13)20-2)18-9-10-4-3-5-12(16)15(10)17/h3-8,18H,9H2,1-2H3. The summed E-state index contributed by atoms with van der Waals surface area (Å²) in [7, 11) is 3.14. The zero-order chi connectivity index (χ0) is 14.5. The Morgan fingerprint density at radius 3 is 2.55 bits per heavy atom. The summed E-state index contributed by atoms with van der Waals surface area (Å²) < 4.78 is 24.1. The molecule has 0 radical (unpaired) electrons. The number of nitrogens with one attached hydrogen (secondary N) is 1.